The number of unbranched alkanes of at least 4 members (excludes halogenated alkanes) is 2. The van der Waals surface area contributed by atoms with Gasteiger partial charge in [-0.05, 0) is 42.2 Å². The number of nitrogens with two attached hydrogens (primary N) is 1. The van der Waals surface area contributed by atoms with E-state index in [-0.39, 0.29) is 29.2 Å². The van der Waals surface area contributed by atoms with Crippen molar-refractivity contribution < 1.29 is 14.4 Å². The Labute approximate surface area is 241 Å². The number of amides is 3. The van der Waals surface area contributed by atoms with Crippen LogP contribution in [0.15, 0.2) is 29.3 Å². The number of nitrogens with zero attached hydrogens (tertiary/aromatic N) is 2. The largest absolute Gasteiger partial charge is 0.370 e. The predicted octanol–water partition coefficient (Wildman–Crippen LogP) is 4.49. The van der Waals surface area contributed by atoms with Crippen LogP contribution in [0.5, 0.6) is 0 Å². The molecular formula is C31H52N6O3. The van der Waals surface area contributed by atoms with Crippen molar-refractivity contribution in [3.05, 3.63) is 35.4 Å². The van der Waals surface area contributed by atoms with Crippen LogP contribution < -0.4 is 21.7 Å². The van der Waals surface area contributed by atoms with Crippen molar-refractivity contribution in [2.45, 2.75) is 105 Å². The van der Waals surface area contributed by atoms with Gasteiger partial charge in [-0.25, -0.2) is 9.79 Å². The average Bonchev–Trinajstić information content (AvgIpc) is 2.93. The minimum absolute atomic E-state index is 0.0334. The number of likely N-dealkylation sites (tertiary alicyclic amines) is 1. The zero-order valence-corrected chi connectivity index (χ0v) is 25.4. The Morgan fingerprint density at radius 2 is 1.75 bits per heavy atom. The number of nitrogens with one attached hydrogen (secondary N) is 3. The van der Waals surface area contributed by atoms with Crippen molar-refractivity contribution in [2.75, 3.05) is 19.6 Å². The van der Waals surface area contributed by atoms with Gasteiger partial charge in [0.25, 0.3) is 0 Å². The molecule has 2 rings (SSSR count). The first-order chi connectivity index (χ1) is 19.0. The third-order valence-corrected chi connectivity index (χ3v) is 7.42. The first-order valence-corrected chi connectivity index (χ1v) is 14.9. The van der Waals surface area contributed by atoms with Gasteiger partial charge in [0.1, 0.15) is 11.8 Å². The van der Waals surface area contributed by atoms with Crippen LogP contribution >= 0.6 is 0 Å². The van der Waals surface area contributed by atoms with E-state index in [2.05, 4.69) is 55.6 Å². The van der Waals surface area contributed by atoms with E-state index in [4.69, 9.17) is 5.73 Å². The Hall–Kier alpha value is -3.10. The van der Waals surface area contributed by atoms with Gasteiger partial charge in [-0.1, -0.05) is 78.1 Å². The summed E-state index contributed by atoms with van der Waals surface area (Å²) in [6.45, 7) is 13.2. The van der Waals surface area contributed by atoms with Crippen LogP contribution in [0, 0.1) is 11.3 Å². The summed E-state index contributed by atoms with van der Waals surface area (Å²) in [5.41, 5.74) is 7.37. The summed E-state index contributed by atoms with van der Waals surface area (Å²) in [6.07, 6.45) is 7.67. The lowest BCUT2D eigenvalue weighted by molar-refractivity contribution is -0.136. The maximum Gasteiger partial charge on any atom is 0.315 e. The highest BCUT2D eigenvalue weighted by Crippen LogP contribution is 2.32. The van der Waals surface area contributed by atoms with Crippen LogP contribution in [-0.2, 0) is 22.7 Å². The fraction of sp³-hybridized carbons (Fsp3) is 0.677. The van der Waals surface area contributed by atoms with Crippen molar-refractivity contribution in [3.8, 4) is 0 Å². The van der Waals surface area contributed by atoms with E-state index < -0.39 is 5.54 Å². The van der Waals surface area contributed by atoms with E-state index in [1.54, 1.807) is 0 Å². The van der Waals surface area contributed by atoms with Crippen LogP contribution in [0.25, 0.3) is 0 Å². The summed E-state index contributed by atoms with van der Waals surface area (Å²) in [5.74, 6) is 0.342. The molecule has 1 heterocycles. The van der Waals surface area contributed by atoms with E-state index in [0.717, 1.165) is 62.5 Å². The first-order valence-electron chi connectivity index (χ1n) is 14.9. The number of carbonyl (C=O) groups is 3. The molecule has 40 heavy (non-hydrogen) atoms. The molecule has 1 saturated heterocycles. The van der Waals surface area contributed by atoms with E-state index in [9.17, 15) is 14.4 Å². The molecule has 3 amide bonds. The monoisotopic (exact) mass is 556 g/mol. The van der Waals surface area contributed by atoms with E-state index >= 15 is 0 Å². The SMILES string of the molecule is CCCCNC(=O)NCc1ccc(CN=C(N)NC(C=O)(CCCC)C2CCCN(C(=O)CC(C)(C)C)C2)cc1. The predicted molar refractivity (Wildman–Crippen MR) is 162 cm³/mol. The van der Waals surface area contributed by atoms with Gasteiger partial charge in [0.2, 0.25) is 5.91 Å². The summed E-state index contributed by atoms with van der Waals surface area (Å²) in [7, 11) is 0. The van der Waals surface area contributed by atoms with Crippen LogP contribution in [0.4, 0.5) is 4.79 Å². The second kappa shape index (κ2) is 16.2. The molecule has 0 saturated carbocycles. The fourth-order valence-electron chi connectivity index (χ4n) is 5.05. The number of guanidine groups is 1. The molecule has 9 heteroatoms. The molecule has 0 spiro atoms. The molecule has 1 aromatic rings. The number of rotatable bonds is 14. The average molecular weight is 557 g/mol. The Kier molecular flexibility index (Phi) is 13.4. The van der Waals surface area contributed by atoms with Crippen LogP contribution in [0.1, 0.15) is 97.1 Å². The van der Waals surface area contributed by atoms with Crippen molar-refractivity contribution in [2.24, 2.45) is 22.1 Å². The third-order valence-electron chi connectivity index (χ3n) is 7.42. The normalized spacial score (nSPS) is 17.6. The lowest BCUT2D eigenvalue weighted by atomic mass is 9.76. The Balaban J connectivity index is 2.03. The van der Waals surface area contributed by atoms with Gasteiger partial charge < -0.3 is 31.4 Å². The molecule has 0 aliphatic carbocycles. The molecule has 1 fully saturated rings. The number of aliphatic imine (C=N–C) groups is 1. The van der Waals surface area contributed by atoms with Crippen molar-refractivity contribution in [1.29, 1.82) is 0 Å². The second-order valence-electron chi connectivity index (χ2n) is 12.3. The van der Waals surface area contributed by atoms with Gasteiger partial charge >= 0.3 is 6.03 Å². The van der Waals surface area contributed by atoms with E-state index in [1.807, 2.05) is 29.2 Å². The van der Waals surface area contributed by atoms with Gasteiger partial charge in [0, 0.05) is 38.5 Å². The minimum atomic E-state index is -0.864. The van der Waals surface area contributed by atoms with Crippen LogP contribution in [0.2, 0.25) is 0 Å². The van der Waals surface area contributed by atoms with Crippen LogP contribution in [-0.4, -0.2) is 54.3 Å². The standard InChI is InChI=1S/C31H52N6O3/c1-6-8-16-31(23-38,26-11-10-18-37(22-26)27(39)19-30(3,4)5)36-28(32)34-20-24-12-14-25(15-13-24)21-35-29(40)33-17-9-7-2/h12-15,23,26H,6-11,16-22H2,1-5H3,(H3,32,34,36)(H2,33,35,40). The molecule has 2 unspecified atom stereocenters. The van der Waals surface area contributed by atoms with Gasteiger partial charge in [-0.2, -0.15) is 0 Å². The zero-order valence-electron chi connectivity index (χ0n) is 25.4. The minimum Gasteiger partial charge on any atom is -0.370 e. The lowest BCUT2D eigenvalue weighted by Crippen LogP contribution is -2.61. The molecule has 0 aromatic heterocycles. The van der Waals surface area contributed by atoms with Crippen molar-refractivity contribution >= 4 is 24.2 Å². The summed E-state index contributed by atoms with van der Waals surface area (Å²) < 4.78 is 0. The molecule has 5 N–H and O–H groups in total. The molecule has 2 atom stereocenters. The van der Waals surface area contributed by atoms with Crippen molar-refractivity contribution in [1.82, 2.24) is 20.9 Å². The maximum atomic E-state index is 13.0. The van der Waals surface area contributed by atoms with Gasteiger partial charge in [-0.3, -0.25) is 4.79 Å². The highest BCUT2D eigenvalue weighted by Gasteiger charge is 2.42. The first kappa shape index (κ1) is 33.1. The van der Waals surface area contributed by atoms with Gasteiger partial charge in [0.15, 0.2) is 5.96 Å². The number of hydrogen-bond acceptors (Lipinski definition) is 4. The molecule has 0 radical (unpaired) electrons. The molecular weight excluding hydrogens is 504 g/mol. The Morgan fingerprint density at radius 1 is 1.07 bits per heavy atom. The second-order valence-corrected chi connectivity index (χ2v) is 12.3. The number of piperidine rings is 1. The van der Waals surface area contributed by atoms with Crippen molar-refractivity contribution in [3.63, 3.8) is 0 Å². The number of aldehydes is 1. The molecule has 1 aliphatic heterocycles. The fourth-order valence-corrected chi connectivity index (χ4v) is 5.05. The summed E-state index contributed by atoms with van der Waals surface area (Å²) in [6, 6.07) is 7.69. The number of urea groups is 1. The summed E-state index contributed by atoms with van der Waals surface area (Å²) in [5, 5.41) is 9.00. The third kappa shape index (κ3) is 11.2. The Morgan fingerprint density at radius 3 is 2.38 bits per heavy atom. The highest BCUT2D eigenvalue weighted by molar-refractivity contribution is 5.83. The summed E-state index contributed by atoms with van der Waals surface area (Å²) >= 11 is 0. The lowest BCUT2D eigenvalue weighted by Gasteiger charge is -2.43. The number of carbonyl (C=O) groups excluding carboxylic acids is 3. The maximum absolute atomic E-state index is 13.0. The quantitative estimate of drug-likeness (QED) is 0.116. The molecule has 0 bridgehead atoms. The molecule has 1 aromatic carbocycles. The van der Waals surface area contributed by atoms with E-state index in [0.29, 0.717) is 39.0 Å². The Bertz CT molecular complexity index is 972. The zero-order chi connectivity index (χ0) is 29.6. The topological polar surface area (TPSA) is 129 Å². The van der Waals surface area contributed by atoms with Gasteiger partial charge in [-0.15, -0.1) is 0 Å². The van der Waals surface area contributed by atoms with E-state index in [1.165, 1.54) is 0 Å². The summed E-state index contributed by atoms with van der Waals surface area (Å²) in [4.78, 5) is 43.9. The number of benzene rings is 1. The highest BCUT2D eigenvalue weighted by atomic mass is 16.2. The molecule has 1 aliphatic rings. The van der Waals surface area contributed by atoms with Gasteiger partial charge in [0.05, 0.1) is 6.54 Å². The number of hydrogen-bond donors (Lipinski definition) is 4. The smallest absolute Gasteiger partial charge is 0.315 e. The molecule has 9 nitrogen and oxygen atoms in total. The molecule has 224 valence electrons. The van der Waals surface area contributed by atoms with Crippen LogP contribution in [0.3, 0.4) is 0 Å².